The van der Waals surface area contributed by atoms with E-state index < -0.39 is 0 Å². The summed E-state index contributed by atoms with van der Waals surface area (Å²) in [6.45, 7) is 3.99. The average molecular weight is 240 g/mol. The zero-order valence-electron chi connectivity index (χ0n) is 9.83. The number of aromatic nitrogens is 2. The van der Waals surface area contributed by atoms with Crippen LogP contribution in [0.15, 0.2) is 6.07 Å². The van der Waals surface area contributed by atoms with Gasteiger partial charge in [0.1, 0.15) is 0 Å². The molecule has 0 amide bonds. The highest BCUT2D eigenvalue weighted by atomic mass is 35.5. The predicted octanol–water partition coefficient (Wildman–Crippen LogP) is 3.06. The molecule has 1 aromatic rings. The summed E-state index contributed by atoms with van der Waals surface area (Å²) in [6, 6.07) is 2.47. The SMILES string of the molecule is Cc1cc(C)nc(NC2CCC(Cl)CC2)n1. The minimum absolute atomic E-state index is 0.359. The molecular formula is C12H18ClN3. The van der Waals surface area contributed by atoms with Gasteiger partial charge in [-0.15, -0.1) is 11.6 Å². The van der Waals surface area contributed by atoms with Crippen molar-refractivity contribution in [2.45, 2.75) is 50.9 Å². The molecule has 88 valence electrons. The van der Waals surface area contributed by atoms with Crippen molar-refractivity contribution in [3.05, 3.63) is 17.5 Å². The molecule has 0 unspecified atom stereocenters. The molecule has 0 atom stereocenters. The Kier molecular flexibility index (Phi) is 3.64. The Morgan fingerprint density at radius 2 is 1.69 bits per heavy atom. The van der Waals surface area contributed by atoms with Gasteiger partial charge in [0, 0.05) is 22.8 Å². The monoisotopic (exact) mass is 239 g/mol. The zero-order chi connectivity index (χ0) is 11.5. The van der Waals surface area contributed by atoms with Gasteiger partial charge >= 0.3 is 0 Å². The summed E-state index contributed by atoms with van der Waals surface area (Å²) in [6.07, 6.45) is 4.41. The van der Waals surface area contributed by atoms with E-state index in [2.05, 4.69) is 15.3 Å². The summed E-state index contributed by atoms with van der Waals surface area (Å²) in [5.74, 6) is 0.760. The number of aryl methyl sites for hydroxylation is 2. The van der Waals surface area contributed by atoms with Crippen LogP contribution in [0.1, 0.15) is 37.1 Å². The van der Waals surface area contributed by atoms with Crippen molar-refractivity contribution in [1.82, 2.24) is 9.97 Å². The lowest BCUT2D eigenvalue weighted by molar-refractivity contribution is 0.466. The molecule has 2 rings (SSSR count). The minimum atomic E-state index is 0.359. The molecule has 1 aromatic heterocycles. The number of hydrogen-bond donors (Lipinski definition) is 1. The number of hydrogen-bond acceptors (Lipinski definition) is 3. The van der Waals surface area contributed by atoms with E-state index in [9.17, 15) is 0 Å². The number of anilines is 1. The summed E-state index contributed by atoms with van der Waals surface area (Å²) in [5.41, 5.74) is 2.03. The van der Waals surface area contributed by atoms with Gasteiger partial charge in [-0.1, -0.05) is 0 Å². The molecule has 4 heteroatoms. The van der Waals surface area contributed by atoms with E-state index in [4.69, 9.17) is 11.6 Å². The summed E-state index contributed by atoms with van der Waals surface area (Å²) in [5, 5.41) is 3.76. The lowest BCUT2D eigenvalue weighted by atomic mass is 9.95. The van der Waals surface area contributed by atoms with Crippen LogP contribution in [0.2, 0.25) is 0 Å². The van der Waals surface area contributed by atoms with Gasteiger partial charge < -0.3 is 5.32 Å². The maximum atomic E-state index is 6.08. The van der Waals surface area contributed by atoms with Gasteiger partial charge in [-0.05, 0) is 45.6 Å². The zero-order valence-corrected chi connectivity index (χ0v) is 10.6. The van der Waals surface area contributed by atoms with Crippen LogP contribution >= 0.6 is 11.6 Å². The van der Waals surface area contributed by atoms with Gasteiger partial charge in [-0.3, -0.25) is 0 Å². The first-order valence-corrected chi connectivity index (χ1v) is 6.30. The maximum Gasteiger partial charge on any atom is 0.223 e. The van der Waals surface area contributed by atoms with Crippen LogP contribution in [0.25, 0.3) is 0 Å². The van der Waals surface area contributed by atoms with Crippen LogP contribution in [-0.2, 0) is 0 Å². The number of nitrogens with one attached hydrogen (secondary N) is 1. The van der Waals surface area contributed by atoms with Crippen molar-refractivity contribution in [2.75, 3.05) is 5.32 Å². The van der Waals surface area contributed by atoms with Crippen molar-refractivity contribution in [3.8, 4) is 0 Å². The van der Waals surface area contributed by atoms with Crippen LogP contribution in [0.4, 0.5) is 5.95 Å². The fourth-order valence-electron chi connectivity index (χ4n) is 2.17. The first-order valence-electron chi connectivity index (χ1n) is 5.86. The smallest absolute Gasteiger partial charge is 0.223 e. The van der Waals surface area contributed by atoms with Gasteiger partial charge in [-0.2, -0.15) is 0 Å². The molecule has 0 aliphatic heterocycles. The second kappa shape index (κ2) is 5.00. The number of nitrogens with zero attached hydrogens (tertiary/aromatic N) is 2. The molecule has 16 heavy (non-hydrogen) atoms. The van der Waals surface area contributed by atoms with Gasteiger partial charge in [-0.25, -0.2) is 9.97 Å². The largest absolute Gasteiger partial charge is 0.351 e. The minimum Gasteiger partial charge on any atom is -0.351 e. The first-order chi connectivity index (χ1) is 7.63. The number of alkyl halides is 1. The van der Waals surface area contributed by atoms with E-state index >= 15 is 0 Å². The summed E-state index contributed by atoms with van der Waals surface area (Å²) < 4.78 is 0. The third kappa shape index (κ3) is 3.08. The Morgan fingerprint density at radius 1 is 1.12 bits per heavy atom. The molecule has 0 saturated heterocycles. The number of rotatable bonds is 2. The van der Waals surface area contributed by atoms with Crippen LogP contribution in [-0.4, -0.2) is 21.4 Å². The Bertz CT molecular complexity index is 339. The normalized spacial score (nSPS) is 25.4. The molecule has 0 spiro atoms. The highest BCUT2D eigenvalue weighted by Crippen LogP contribution is 2.24. The molecule has 1 aliphatic rings. The molecule has 1 saturated carbocycles. The van der Waals surface area contributed by atoms with Gasteiger partial charge in [0.25, 0.3) is 0 Å². The molecule has 3 nitrogen and oxygen atoms in total. The van der Waals surface area contributed by atoms with Crippen LogP contribution in [0.3, 0.4) is 0 Å². The van der Waals surface area contributed by atoms with E-state index in [0.717, 1.165) is 43.0 Å². The Labute approximate surface area is 102 Å². The molecule has 0 aromatic carbocycles. The molecular weight excluding hydrogens is 222 g/mol. The molecule has 1 aliphatic carbocycles. The van der Waals surface area contributed by atoms with Crippen molar-refractivity contribution in [1.29, 1.82) is 0 Å². The van der Waals surface area contributed by atoms with E-state index in [1.165, 1.54) is 0 Å². The van der Waals surface area contributed by atoms with Crippen LogP contribution in [0, 0.1) is 13.8 Å². The highest BCUT2D eigenvalue weighted by Gasteiger charge is 2.19. The Hall–Kier alpha value is -0.830. The second-order valence-electron chi connectivity index (χ2n) is 4.57. The molecule has 0 radical (unpaired) electrons. The summed E-state index contributed by atoms with van der Waals surface area (Å²) >= 11 is 6.08. The lowest BCUT2D eigenvalue weighted by Crippen LogP contribution is -2.27. The fourth-order valence-corrected chi connectivity index (χ4v) is 2.42. The quantitative estimate of drug-likeness (QED) is 0.807. The van der Waals surface area contributed by atoms with Crippen molar-refractivity contribution < 1.29 is 0 Å². The Morgan fingerprint density at radius 3 is 2.25 bits per heavy atom. The third-order valence-electron chi connectivity index (χ3n) is 2.97. The van der Waals surface area contributed by atoms with Gasteiger partial charge in [0.15, 0.2) is 0 Å². The fraction of sp³-hybridized carbons (Fsp3) is 0.667. The molecule has 0 bridgehead atoms. The van der Waals surface area contributed by atoms with Crippen molar-refractivity contribution in [2.24, 2.45) is 0 Å². The Balaban J connectivity index is 1.98. The van der Waals surface area contributed by atoms with E-state index in [1.807, 2.05) is 19.9 Å². The van der Waals surface area contributed by atoms with Crippen LogP contribution in [0.5, 0.6) is 0 Å². The average Bonchev–Trinajstić information content (AvgIpc) is 2.20. The molecule has 1 N–H and O–H groups in total. The van der Waals surface area contributed by atoms with E-state index in [1.54, 1.807) is 0 Å². The molecule has 1 fully saturated rings. The van der Waals surface area contributed by atoms with E-state index in [-0.39, 0.29) is 0 Å². The van der Waals surface area contributed by atoms with Gasteiger partial charge in [0.2, 0.25) is 5.95 Å². The predicted molar refractivity (Wildman–Crippen MR) is 67.0 cm³/mol. The van der Waals surface area contributed by atoms with E-state index in [0.29, 0.717) is 11.4 Å². The highest BCUT2D eigenvalue weighted by molar-refractivity contribution is 6.20. The second-order valence-corrected chi connectivity index (χ2v) is 5.18. The standard InChI is InChI=1S/C12H18ClN3/c1-8-7-9(2)15-12(14-8)16-11-5-3-10(13)4-6-11/h7,10-11H,3-6H2,1-2H3,(H,14,15,16). The lowest BCUT2D eigenvalue weighted by Gasteiger charge is -2.25. The van der Waals surface area contributed by atoms with Gasteiger partial charge in [0.05, 0.1) is 0 Å². The third-order valence-corrected chi connectivity index (χ3v) is 3.41. The van der Waals surface area contributed by atoms with Crippen LogP contribution < -0.4 is 5.32 Å². The first kappa shape index (κ1) is 11.6. The van der Waals surface area contributed by atoms with Crippen molar-refractivity contribution >= 4 is 17.5 Å². The van der Waals surface area contributed by atoms with Crippen molar-refractivity contribution in [3.63, 3.8) is 0 Å². The summed E-state index contributed by atoms with van der Waals surface area (Å²) in [7, 11) is 0. The topological polar surface area (TPSA) is 37.8 Å². The maximum absolute atomic E-state index is 6.08. The number of halogens is 1. The molecule has 1 heterocycles. The summed E-state index contributed by atoms with van der Waals surface area (Å²) in [4.78, 5) is 8.78.